The maximum Gasteiger partial charge on any atom is 0.387 e. The Morgan fingerprint density at radius 2 is 1.84 bits per heavy atom. The third-order valence-electron chi connectivity index (χ3n) is 4.26. The summed E-state index contributed by atoms with van der Waals surface area (Å²) in [4.78, 5) is 20.4. The van der Waals surface area contributed by atoms with Crippen LogP contribution in [0.1, 0.15) is 21.9 Å². The summed E-state index contributed by atoms with van der Waals surface area (Å²) in [5.74, 6) is 5.57. The highest BCUT2D eigenvalue weighted by atomic mass is 19.3. The number of ether oxygens (including phenoxy) is 1. The third-order valence-corrected chi connectivity index (χ3v) is 4.26. The van der Waals surface area contributed by atoms with Gasteiger partial charge < -0.3 is 10.1 Å². The van der Waals surface area contributed by atoms with Gasteiger partial charge in [-0.2, -0.15) is 13.9 Å². The molecule has 0 fully saturated rings. The highest BCUT2D eigenvalue weighted by molar-refractivity contribution is 5.93. The molecule has 0 spiro atoms. The lowest BCUT2D eigenvalue weighted by molar-refractivity contribution is -0.0498. The number of carbonyl (C=O) groups excluding carboxylic acids is 1. The molecule has 0 saturated heterocycles. The van der Waals surface area contributed by atoms with Gasteiger partial charge in [0, 0.05) is 18.8 Å². The van der Waals surface area contributed by atoms with Crippen molar-refractivity contribution in [1.29, 1.82) is 0 Å². The molecular weight excluding hydrogens is 404 g/mol. The first-order valence-electron chi connectivity index (χ1n) is 9.15. The van der Waals surface area contributed by atoms with Crippen molar-refractivity contribution in [3.8, 4) is 23.3 Å². The molecule has 9 heteroatoms. The summed E-state index contributed by atoms with van der Waals surface area (Å²) in [6.07, 6.45) is 1.49. The van der Waals surface area contributed by atoms with E-state index in [1.165, 1.54) is 30.1 Å². The average Bonchev–Trinajstić information content (AvgIpc) is 3.16. The maximum atomic E-state index is 12.4. The Kier molecular flexibility index (Phi) is 5.53. The maximum absolute atomic E-state index is 12.4. The summed E-state index contributed by atoms with van der Waals surface area (Å²) in [5.41, 5.74) is 2.10. The number of halogens is 2. The largest absolute Gasteiger partial charge is 0.435 e. The van der Waals surface area contributed by atoms with E-state index in [4.69, 9.17) is 0 Å². The molecule has 0 aliphatic rings. The summed E-state index contributed by atoms with van der Waals surface area (Å²) in [6.45, 7) is -2.92. The van der Waals surface area contributed by atoms with E-state index >= 15 is 0 Å². The second kappa shape index (κ2) is 8.59. The van der Waals surface area contributed by atoms with Crippen LogP contribution in [-0.2, 0) is 0 Å². The van der Waals surface area contributed by atoms with E-state index < -0.39 is 12.5 Å². The van der Waals surface area contributed by atoms with Crippen molar-refractivity contribution < 1.29 is 18.3 Å². The number of aromatic nitrogens is 4. The second-order valence-corrected chi connectivity index (χ2v) is 6.26. The van der Waals surface area contributed by atoms with Crippen molar-refractivity contribution in [2.75, 3.05) is 7.05 Å². The molecular formula is C22H15F2N5O2. The zero-order chi connectivity index (χ0) is 21.8. The van der Waals surface area contributed by atoms with Gasteiger partial charge in [-0.05, 0) is 42.3 Å². The highest BCUT2D eigenvalue weighted by Gasteiger charge is 2.16. The molecule has 2 aromatic carbocycles. The first-order valence-corrected chi connectivity index (χ1v) is 9.15. The quantitative estimate of drug-likeness (QED) is 0.514. The number of hydrogen-bond donors (Lipinski definition) is 1. The number of nitrogens with one attached hydrogen (secondary N) is 1. The van der Waals surface area contributed by atoms with Crippen LogP contribution in [-0.4, -0.2) is 39.3 Å². The SMILES string of the molecule is CNC(=O)c1ncc2c(C#Cc3ccccc3)nn(-c3ccc(OC(F)F)cc3)c2n1. The lowest BCUT2D eigenvalue weighted by Crippen LogP contribution is -2.20. The van der Waals surface area contributed by atoms with Crippen molar-refractivity contribution in [2.45, 2.75) is 6.61 Å². The summed E-state index contributed by atoms with van der Waals surface area (Å²) < 4.78 is 30.7. The van der Waals surface area contributed by atoms with Gasteiger partial charge in [0.25, 0.3) is 5.91 Å². The third kappa shape index (κ3) is 4.33. The molecule has 0 aliphatic heterocycles. The Hall–Kier alpha value is -4.32. The first-order chi connectivity index (χ1) is 15.0. The first kappa shape index (κ1) is 20.0. The van der Waals surface area contributed by atoms with E-state index in [0.717, 1.165) is 5.56 Å². The predicted octanol–water partition coefficient (Wildman–Crippen LogP) is 3.18. The molecule has 4 aromatic rings. The van der Waals surface area contributed by atoms with E-state index in [9.17, 15) is 13.6 Å². The van der Waals surface area contributed by atoms with Crippen molar-refractivity contribution >= 4 is 16.9 Å². The molecule has 0 saturated carbocycles. The van der Waals surface area contributed by atoms with Gasteiger partial charge in [0.15, 0.2) is 5.65 Å². The van der Waals surface area contributed by atoms with E-state index in [2.05, 4.69) is 37.0 Å². The van der Waals surface area contributed by atoms with Gasteiger partial charge in [-0.3, -0.25) is 4.79 Å². The van der Waals surface area contributed by atoms with E-state index in [1.807, 2.05) is 30.3 Å². The molecule has 154 valence electrons. The Bertz CT molecular complexity index is 1290. The number of rotatable bonds is 4. The van der Waals surface area contributed by atoms with E-state index in [1.54, 1.807) is 12.1 Å². The fraction of sp³-hybridized carbons (Fsp3) is 0.0909. The Labute approximate surface area is 175 Å². The zero-order valence-corrected chi connectivity index (χ0v) is 16.2. The van der Waals surface area contributed by atoms with Gasteiger partial charge in [-0.15, -0.1) is 0 Å². The molecule has 0 radical (unpaired) electrons. The van der Waals surface area contributed by atoms with Gasteiger partial charge in [0.1, 0.15) is 11.4 Å². The Morgan fingerprint density at radius 3 is 2.52 bits per heavy atom. The van der Waals surface area contributed by atoms with Crippen molar-refractivity contribution in [3.05, 3.63) is 77.9 Å². The normalized spacial score (nSPS) is 10.6. The van der Waals surface area contributed by atoms with Crippen molar-refractivity contribution in [1.82, 2.24) is 25.1 Å². The zero-order valence-electron chi connectivity index (χ0n) is 16.2. The molecule has 1 amide bonds. The van der Waals surface area contributed by atoms with Crippen LogP contribution in [0.2, 0.25) is 0 Å². The molecule has 2 heterocycles. The van der Waals surface area contributed by atoms with Crippen LogP contribution in [0.3, 0.4) is 0 Å². The molecule has 0 unspecified atom stereocenters. The van der Waals surface area contributed by atoms with Crippen LogP contribution in [0.4, 0.5) is 8.78 Å². The van der Waals surface area contributed by atoms with Crippen LogP contribution in [0.15, 0.2) is 60.8 Å². The number of hydrogen-bond acceptors (Lipinski definition) is 5. The standard InChI is InChI=1S/C22H15F2N5O2/c1-25-21(30)19-26-13-17-18(12-7-14-5-3-2-4-6-14)28-29(20(17)27-19)15-8-10-16(11-9-15)31-22(23)24/h2-6,8-11,13,22H,1H3,(H,25,30). The summed E-state index contributed by atoms with van der Waals surface area (Å²) in [7, 11) is 1.48. The molecule has 0 atom stereocenters. The number of fused-ring (bicyclic) bond motifs is 1. The molecule has 31 heavy (non-hydrogen) atoms. The fourth-order valence-electron chi connectivity index (χ4n) is 2.82. The summed E-state index contributed by atoms with van der Waals surface area (Å²) in [6, 6.07) is 15.3. The Balaban J connectivity index is 1.83. The highest BCUT2D eigenvalue weighted by Crippen LogP contribution is 2.22. The lowest BCUT2D eigenvalue weighted by Gasteiger charge is -2.06. The smallest absolute Gasteiger partial charge is 0.387 e. The minimum Gasteiger partial charge on any atom is -0.435 e. The Morgan fingerprint density at radius 1 is 1.10 bits per heavy atom. The monoisotopic (exact) mass is 419 g/mol. The molecule has 7 nitrogen and oxygen atoms in total. The summed E-state index contributed by atoms with van der Waals surface area (Å²) in [5, 5.41) is 7.53. The topological polar surface area (TPSA) is 81.9 Å². The van der Waals surface area contributed by atoms with Gasteiger partial charge >= 0.3 is 6.61 Å². The van der Waals surface area contributed by atoms with Crippen LogP contribution in [0.5, 0.6) is 5.75 Å². The molecule has 4 rings (SSSR count). The van der Waals surface area contributed by atoms with Crippen LogP contribution >= 0.6 is 0 Å². The van der Waals surface area contributed by atoms with E-state index in [0.29, 0.717) is 22.4 Å². The van der Waals surface area contributed by atoms with Crippen LogP contribution < -0.4 is 10.1 Å². The van der Waals surface area contributed by atoms with Crippen LogP contribution in [0, 0.1) is 11.8 Å². The lowest BCUT2D eigenvalue weighted by atomic mass is 10.2. The number of benzene rings is 2. The molecule has 0 bridgehead atoms. The number of carbonyl (C=O) groups is 1. The van der Waals surface area contributed by atoms with Gasteiger partial charge in [0.05, 0.1) is 11.1 Å². The van der Waals surface area contributed by atoms with Gasteiger partial charge in [-0.1, -0.05) is 24.1 Å². The number of amides is 1. The molecule has 1 N–H and O–H groups in total. The minimum absolute atomic E-state index is 0.0139. The molecule has 0 aliphatic carbocycles. The molecule has 2 aromatic heterocycles. The van der Waals surface area contributed by atoms with Crippen LogP contribution in [0.25, 0.3) is 16.7 Å². The second-order valence-electron chi connectivity index (χ2n) is 6.26. The minimum atomic E-state index is -2.92. The van der Waals surface area contributed by atoms with Gasteiger partial charge in [-0.25, -0.2) is 14.6 Å². The van der Waals surface area contributed by atoms with Crippen molar-refractivity contribution in [3.63, 3.8) is 0 Å². The van der Waals surface area contributed by atoms with E-state index in [-0.39, 0.29) is 11.6 Å². The number of nitrogens with zero attached hydrogens (tertiary/aromatic N) is 4. The fourth-order valence-corrected chi connectivity index (χ4v) is 2.82. The van der Waals surface area contributed by atoms with Crippen molar-refractivity contribution in [2.24, 2.45) is 0 Å². The predicted molar refractivity (Wildman–Crippen MR) is 109 cm³/mol. The summed E-state index contributed by atoms with van der Waals surface area (Å²) >= 11 is 0. The van der Waals surface area contributed by atoms with Gasteiger partial charge in [0.2, 0.25) is 5.82 Å². The average molecular weight is 419 g/mol. The number of alkyl halides is 2.